The summed E-state index contributed by atoms with van der Waals surface area (Å²) in [5, 5.41) is 4.13. The van der Waals surface area contributed by atoms with E-state index in [1.165, 1.54) is 5.56 Å². The van der Waals surface area contributed by atoms with Gasteiger partial charge in [0, 0.05) is 51.4 Å². The van der Waals surface area contributed by atoms with E-state index < -0.39 is 0 Å². The highest BCUT2D eigenvalue weighted by Crippen LogP contribution is 2.16. The highest BCUT2D eigenvalue weighted by molar-refractivity contribution is 5.94. The van der Waals surface area contributed by atoms with Crippen molar-refractivity contribution in [2.75, 3.05) is 26.2 Å². The van der Waals surface area contributed by atoms with Gasteiger partial charge in [0.25, 0.3) is 5.91 Å². The molecule has 0 saturated carbocycles. The minimum atomic E-state index is 0.0489. The van der Waals surface area contributed by atoms with Gasteiger partial charge in [-0.2, -0.15) is 5.10 Å². The van der Waals surface area contributed by atoms with Gasteiger partial charge in [-0.15, -0.1) is 0 Å². The van der Waals surface area contributed by atoms with Crippen LogP contribution in [0.3, 0.4) is 0 Å². The Balaban J connectivity index is 1.48. The summed E-state index contributed by atoms with van der Waals surface area (Å²) in [6.07, 6.45) is 4.92. The molecule has 2 amide bonds. The Morgan fingerprint density at radius 3 is 2.22 bits per heavy atom. The number of rotatable bonds is 5. The lowest BCUT2D eigenvalue weighted by molar-refractivity contribution is -0.132. The van der Waals surface area contributed by atoms with E-state index in [2.05, 4.69) is 18.9 Å². The summed E-state index contributed by atoms with van der Waals surface area (Å²) in [5.41, 5.74) is 3.02. The largest absolute Gasteiger partial charge is 0.339 e. The summed E-state index contributed by atoms with van der Waals surface area (Å²) < 4.78 is 1.75. The predicted molar refractivity (Wildman–Crippen MR) is 105 cm³/mol. The molecule has 1 aromatic carbocycles. The predicted octanol–water partition coefficient (Wildman–Crippen LogP) is 2.46. The molecule has 0 atom stereocenters. The molecule has 0 radical (unpaired) electrons. The third-order valence-electron chi connectivity index (χ3n) is 5.13. The average Bonchev–Trinajstić information content (AvgIpc) is 3.11. The molecule has 0 aliphatic carbocycles. The van der Waals surface area contributed by atoms with Crippen LogP contribution in [0.5, 0.6) is 0 Å². The number of piperazine rings is 1. The number of aromatic nitrogens is 2. The maximum Gasteiger partial charge on any atom is 0.253 e. The molecule has 144 valence electrons. The van der Waals surface area contributed by atoms with E-state index >= 15 is 0 Å². The van der Waals surface area contributed by atoms with Gasteiger partial charge < -0.3 is 9.80 Å². The first kappa shape index (κ1) is 19.1. The molecule has 1 fully saturated rings. The van der Waals surface area contributed by atoms with Crippen LogP contribution in [0.25, 0.3) is 0 Å². The molecule has 0 N–H and O–H groups in total. The zero-order chi connectivity index (χ0) is 19.4. The zero-order valence-corrected chi connectivity index (χ0v) is 16.4. The van der Waals surface area contributed by atoms with Gasteiger partial charge in [-0.3, -0.25) is 14.3 Å². The van der Waals surface area contributed by atoms with Crippen LogP contribution >= 0.6 is 0 Å². The molecule has 6 nitrogen and oxygen atoms in total. The maximum absolute atomic E-state index is 12.7. The molecule has 2 heterocycles. The van der Waals surface area contributed by atoms with E-state index in [1.807, 2.05) is 47.3 Å². The monoisotopic (exact) mass is 368 g/mol. The minimum Gasteiger partial charge on any atom is -0.339 e. The molecule has 6 heteroatoms. The van der Waals surface area contributed by atoms with Gasteiger partial charge >= 0.3 is 0 Å². The van der Waals surface area contributed by atoms with Gasteiger partial charge in [-0.05, 0) is 35.6 Å². The van der Waals surface area contributed by atoms with Crippen LogP contribution < -0.4 is 0 Å². The van der Waals surface area contributed by atoms with Crippen LogP contribution in [0.1, 0.15) is 47.7 Å². The minimum absolute atomic E-state index is 0.0489. The van der Waals surface area contributed by atoms with Crippen LogP contribution in [0.2, 0.25) is 0 Å². The van der Waals surface area contributed by atoms with E-state index in [1.54, 1.807) is 10.9 Å². The van der Waals surface area contributed by atoms with E-state index in [9.17, 15) is 9.59 Å². The molecular weight excluding hydrogens is 340 g/mol. The molecule has 0 bridgehead atoms. The molecule has 0 unspecified atom stereocenters. The molecule has 2 aromatic rings. The molecule has 1 aromatic heterocycles. The lowest BCUT2D eigenvalue weighted by Gasteiger charge is -2.35. The molecular formula is C21H28N4O2. The van der Waals surface area contributed by atoms with Crippen LogP contribution in [0, 0.1) is 0 Å². The Morgan fingerprint density at radius 2 is 1.67 bits per heavy atom. The lowest BCUT2D eigenvalue weighted by atomic mass is 10.0. The van der Waals surface area contributed by atoms with Gasteiger partial charge in [0.2, 0.25) is 5.91 Å². The van der Waals surface area contributed by atoms with Crippen molar-refractivity contribution in [2.24, 2.45) is 7.05 Å². The summed E-state index contributed by atoms with van der Waals surface area (Å²) in [7, 11) is 1.87. The van der Waals surface area contributed by atoms with Crippen molar-refractivity contribution in [2.45, 2.75) is 32.6 Å². The Kier molecular flexibility index (Phi) is 5.94. The molecule has 1 aliphatic rings. The first-order valence-corrected chi connectivity index (χ1v) is 9.58. The van der Waals surface area contributed by atoms with Crippen molar-refractivity contribution in [3.05, 3.63) is 53.3 Å². The molecule has 1 aliphatic heterocycles. The standard InChI is InChI=1S/C21H28N4O2/c1-16(2)18-5-7-19(8-6-18)21(27)25-12-10-24(11-13-25)20(26)9-4-17-14-22-23(3)15-17/h5-8,14-16H,4,9-13H2,1-3H3. The van der Waals surface area contributed by atoms with Crippen molar-refractivity contribution >= 4 is 11.8 Å². The highest BCUT2D eigenvalue weighted by Gasteiger charge is 2.24. The Morgan fingerprint density at radius 1 is 1.04 bits per heavy atom. The van der Waals surface area contributed by atoms with Gasteiger partial charge in [-0.1, -0.05) is 26.0 Å². The first-order chi connectivity index (χ1) is 12.9. The number of hydrogen-bond acceptors (Lipinski definition) is 3. The van der Waals surface area contributed by atoms with Crippen molar-refractivity contribution in [1.82, 2.24) is 19.6 Å². The highest BCUT2D eigenvalue weighted by atomic mass is 16.2. The second-order valence-electron chi connectivity index (χ2n) is 7.47. The van der Waals surface area contributed by atoms with Crippen molar-refractivity contribution in [3.63, 3.8) is 0 Å². The van der Waals surface area contributed by atoms with E-state index in [-0.39, 0.29) is 11.8 Å². The first-order valence-electron chi connectivity index (χ1n) is 9.58. The fourth-order valence-corrected chi connectivity index (χ4v) is 3.36. The number of aryl methyl sites for hydroxylation is 2. The summed E-state index contributed by atoms with van der Waals surface area (Å²) in [5.74, 6) is 0.648. The van der Waals surface area contributed by atoms with Crippen LogP contribution in [-0.4, -0.2) is 57.6 Å². The summed E-state index contributed by atoms with van der Waals surface area (Å²) in [6.45, 7) is 6.65. The SMILES string of the molecule is CC(C)c1ccc(C(=O)N2CCN(C(=O)CCc3cnn(C)c3)CC2)cc1. The van der Waals surface area contributed by atoms with Gasteiger partial charge in [0.15, 0.2) is 0 Å². The number of nitrogens with zero attached hydrogens (tertiary/aromatic N) is 4. The van der Waals surface area contributed by atoms with Crippen LogP contribution in [0.15, 0.2) is 36.7 Å². The fraction of sp³-hybridized carbons (Fsp3) is 0.476. The fourth-order valence-electron chi connectivity index (χ4n) is 3.36. The van der Waals surface area contributed by atoms with Crippen molar-refractivity contribution in [3.8, 4) is 0 Å². The number of amides is 2. The van der Waals surface area contributed by atoms with Gasteiger partial charge in [0.05, 0.1) is 6.20 Å². The van der Waals surface area contributed by atoms with Gasteiger partial charge in [0.1, 0.15) is 0 Å². The van der Waals surface area contributed by atoms with Crippen LogP contribution in [-0.2, 0) is 18.3 Å². The number of hydrogen-bond donors (Lipinski definition) is 0. The third-order valence-corrected chi connectivity index (χ3v) is 5.13. The average molecular weight is 368 g/mol. The second-order valence-corrected chi connectivity index (χ2v) is 7.47. The van der Waals surface area contributed by atoms with Gasteiger partial charge in [-0.25, -0.2) is 0 Å². The number of benzene rings is 1. The number of carbonyl (C=O) groups is 2. The molecule has 1 saturated heterocycles. The molecule has 0 spiro atoms. The third kappa shape index (κ3) is 4.76. The van der Waals surface area contributed by atoms with E-state index in [4.69, 9.17) is 0 Å². The van der Waals surface area contributed by atoms with Crippen LogP contribution in [0.4, 0.5) is 0 Å². The Hall–Kier alpha value is -2.63. The summed E-state index contributed by atoms with van der Waals surface area (Å²) >= 11 is 0. The van der Waals surface area contributed by atoms with E-state index in [0.717, 1.165) is 11.1 Å². The second kappa shape index (κ2) is 8.37. The molecule has 27 heavy (non-hydrogen) atoms. The normalized spacial score (nSPS) is 14.7. The Labute approximate surface area is 160 Å². The zero-order valence-electron chi connectivity index (χ0n) is 16.4. The maximum atomic E-state index is 12.7. The summed E-state index contributed by atoms with van der Waals surface area (Å²) in [6, 6.07) is 7.86. The summed E-state index contributed by atoms with van der Waals surface area (Å²) in [4.78, 5) is 28.8. The molecule has 3 rings (SSSR count). The number of carbonyl (C=O) groups excluding carboxylic acids is 2. The van der Waals surface area contributed by atoms with Crippen molar-refractivity contribution in [1.29, 1.82) is 0 Å². The lowest BCUT2D eigenvalue weighted by Crippen LogP contribution is -2.50. The van der Waals surface area contributed by atoms with E-state index in [0.29, 0.717) is 44.9 Å². The smallest absolute Gasteiger partial charge is 0.253 e. The van der Waals surface area contributed by atoms with Crippen molar-refractivity contribution < 1.29 is 9.59 Å². The Bertz CT molecular complexity index is 787. The topological polar surface area (TPSA) is 58.4 Å². The quantitative estimate of drug-likeness (QED) is 0.815.